The normalized spacial score (nSPS) is 23.4. The van der Waals surface area contributed by atoms with Gasteiger partial charge in [0.15, 0.2) is 9.84 Å². The van der Waals surface area contributed by atoms with Gasteiger partial charge in [0.2, 0.25) is 21.8 Å². The maximum absolute atomic E-state index is 12.8. The van der Waals surface area contributed by atoms with Crippen molar-refractivity contribution < 1.29 is 26.3 Å². The van der Waals surface area contributed by atoms with Gasteiger partial charge in [-0.3, -0.25) is 0 Å². The third-order valence-electron chi connectivity index (χ3n) is 7.27. The van der Waals surface area contributed by atoms with E-state index in [1.807, 2.05) is 20.8 Å². The molecule has 36 heavy (non-hydrogen) atoms. The first-order chi connectivity index (χ1) is 17.1. The molecular weight excluding hydrogens is 502 g/mol. The number of aryl methyl sites for hydroxylation is 1. The summed E-state index contributed by atoms with van der Waals surface area (Å²) in [6.07, 6.45) is 6.12. The number of benzene rings is 1. The minimum atomic E-state index is -3.27. The summed E-state index contributed by atoms with van der Waals surface area (Å²) in [6.45, 7) is 6.08. The molecule has 196 valence electrons. The Hall–Kier alpha value is -2.24. The average Bonchev–Trinajstić information content (AvgIpc) is 3.74. The van der Waals surface area contributed by atoms with E-state index >= 15 is 0 Å². The number of piperidine rings is 1. The zero-order valence-electron chi connectivity index (χ0n) is 20.9. The molecule has 9 nitrogen and oxygen atoms in total. The Kier molecular flexibility index (Phi) is 6.76. The summed E-state index contributed by atoms with van der Waals surface area (Å²) < 4.78 is 64.7. The van der Waals surface area contributed by atoms with Crippen molar-refractivity contribution in [3.05, 3.63) is 35.7 Å². The van der Waals surface area contributed by atoms with Crippen molar-refractivity contribution in [2.75, 3.05) is 6.54 Å². The van der Waals surface area contributed by atoms with E-state index in [1.54, 1.807) is 22.5 Å². The number of sulfone groups is 1. The highest BCUT2D eigenvalue weighted by Gasteiger charge is 2.44. The molecule has 1 aromatic heterocycles. The van der Waals surface area contributed by atoms with E-state index in [1.165, 1.54) is 6.33 Å². The highest BCUT2D eigenvalue weighted by molar-refractivity contribution is 7.92. The standard InChI is InChI=1S/C25H33N3O6S2/c1-4-18-14-19(11-12-28(18)36(31,32)21-7-8-21)33-24-17(3)25(27-15-26-24)34-23-10-9-22(13-16(23)2)35(29,30)20-5-6-20/h9-10,13,15,18-21H,4-8,11-12,14H2,1-3H3/t18?,19-/m1/s1. The lowest BCUT2D eigenvalue weighted by molar-refractivity contribution is 0.0933. The van der Waals surface area contributed by atoms with Gasteiger partial charge in [0.05, 0.1) is 21.0 Å². The third kappa shape index (κ3) is 4.97. The van der Waals surface area contributed by atoms with Crippen molar-refractivity contribution in [1.29, 1.82) is 0 Å². The Morgan fingerprint density at radius 3 is 2.31 bits per heavy atom. The molecule has 1 unspecified atom stereocenters. The third-order valence-corrected chi connectivity index (χ3v) is 12.0. The number of rotatable bonds is 9. The second kappa shape index (κ2) is 9.57. The monoisotopic (exact) mass is 535 g/mol. The Morgan fingerprint density at radius 2 is 1.67 bits per heavy atom. The highest BCUT2D eigenvalue weighted by Crippen LogP contribution is 2.38. The van der Waals surface area contributed by atoms with Crippen LogP contribution < -0.4 is 9.47 Å². The van der Waals surface area contributed by atoms with E-state index in [0.29, 0.717) is 52.9 Å². The number of sulfonamides is 1. The summed E-state index contributed by atoms with van der Waals surface area (Å²) in [4.78, 5) is 8.88. The molecule has 1 saturated heterocycles. The predicted octanol–water partition coefficient (Wildman–Crippen LogP) is 3.94. The van der Waals surface area contributed by atoms with Gasteiger partial charge in [0.1, 0.15) is 18.2 Å². The first-order valence-corrected chi connectivity index (χ1v) is 15.7. The van der Waals surface area contributed by atoms with E-state index in [0.717, 1.165) is 32.1 Å². The van der Waals surface area contributed by atoms with Crippen molar-refractivity contribution >= 4 is 19.9 Å². The maximum atomic E-state index is 12.8. The summed E-state index contributed by atoms with van der Waals surface area (Å²) in [7, 11) is -6.49. The minimum absolute atomic E-state index is 0.0831. The summed E-state index contributed by atoms with van der Waals surface area (Å²) in [5.41, 5.74) is 1.33. The lowest BCUT2D eigenvalue weighted by atomic mass is 10.00. The highest BCUT2D eigenvalue weighted by atomic mass is 32.2. The first kappa shape index (κ1) is 25.4. The quantitative estimate of drug-likeness (QED) is 0.474. The Labute approximate surface area is 213 Å². The van der Waals surface area contributed by atoms with E-state index in [-0.39, 0.29) is 22.6 Å². The van der Waals surface area contributed by atoms with Gasteiger partial charge in [-0.2, -0.15) is 4.31 Å². The molecule has 0 radical (unpaired) electrons. The Bertz CT molecular complexity index is 1350. The van der Waals surface area contributed by atoms with Gasteiger partial charge in [-0.1, -0.05) is 6.92 Å². The molecule has 0 N–H and O–H groups in total. The van der Waals surface area contributed by atoms with Crippen LogP contribution in [0.3, 0.4) is 0 Å². The smallest absolute Gasteiger partial charge is 0.229 e. The first-order valence-electron chi connectivity index (χ1n) is 12.6. The molecule has 2 saturated carbocycles. The predicted molar refractivity (Wildman–Crippen MR) is 135 cm³/mol. The van der Waals surface area contributed by atoms with E-state index < -0.39 is 19.9 Å². The molecule has 5 rings (SSSR count). The van der Waals surface area contributed by atoms with Gasteiger partial charge in [-0.25, -0.2) is 26.8 Å². The molecule has 2 aliphatic carbocycles. The molecule has 2 aromatic rings. The second-order valence-corrected chi connectivity index (χ2v) is 14.5. The number of nitrogens with zero attached hydrogens (tertiary/aromatic N) is 3. The van der Waals surface area contributed by atoms with Crippen molar-refractivity contribution in [3.8, 4) is 17.5 Å². The van der Waals surface area contributed by atoms with Crippen LogP contribution in [-0.4, -0.2) is 60.3 Å². The fraction of sp³-hybridized carbons (Fsp3) is 0.600. The Morgan fingerprint density at radius 1 is 0.972 bits per heavy atom. The maximum Gasteiger partial charge on any atom is 0.229 e. The number of hydrogen-bond donors (Lipinski definition) is 0. The van der Waals surface area contributed by atoms with Crippen LogP contribution in [0.5, 0.6) is 17.5 Å². The molecule has 1 aliphatic heterocycles. The number of ether oxygens (including phenoxy) is 2. The van der Waals surface area contributed by atoms with Crippen molar-refractivity contribution in [1.82, 2.24) is 14.3 Å². The van der Waals surface area contributed by atoms with Crippen LogP contribution in [0.25, 0.3) is 0 Å². The van der Waals surface area contributed by atoms with Gasteiger partial charge >= 0.3 is 0 Å². The molecule has 1 aromatic carbocycles. The fourth-order valence-corrected chi connectivity index (χ4v) is 8.61. The minimum Gasteiger partial charge on any atom is -0.474 e. The topological polar surface area (TPSA) is 116 Å². The molecular formula is C25H33N3O6S2. The average molecular weight is 536 g/mol. The summed E-state index contributed by atoms with van der Waals surface area (Å²) >= 11 is 0. The zero-order valence-corrected chi connectivity index (χ0v) is 22.5. The molecule has 11 heteroatoms. The van der Waals surface area contributed by atoms with E-state index in [2.05, 4.69) is 9.97 Å². The molecule has 2 heterocycles. The van der Waals surface area contributed by atoms with Gasteiger partial charge in [-0.05, 0) is 76.1 Å². The molecule has 3 aliphatic rings. The molecule has 0 spiro atoms. The molecule has 3 fully saturated rings. The zero-order chi connectivity index (χ0) is 25.7. The second-order valence-electron chi connectivity index (χ2n) is 10.1. The largest absolute Gasteiger partial charge is 0.474 e. The van der Waals surface area contributed by atoms with Crippen LogP contribution in [-0.2, 0) is 19.9 Å². The van der Waals surface area contributed by atoms with Crippen molar-refractivity contribution in [2.45, 2.75) is 93.3 Å². The van der Waals surface area contributed by atoms with E-state index in [4.69, 9.17) is 9.47 Å². The van der Waals surface area contributed by atoms with Crippen molar-refractivity contribution in [2.24, 2.45) is 0 Å². The van der Waals surface area contributed by atoms with Gasteiger partial charge in [0, 0.05) is 19.0 Å². The molecule has 0 amide bonds. The van der Waals surface area contributed by atoms with Crippen molar-refractivity contribution in [3.63, 3.8) is 0 Å². The summed E-state index contributed by atoms with van der Waals surface area (Å²) in [6, 6.07) is 4.80. The fourth-order valence-electron chi connectivity index (χ4n) is 4.75. The van der Waals surface area contributed by atoms with Gasteiger partial charge in [0.25, 0.3) is 0 Å². The van der Waals surface area contributed by atoms with Crippen LogP contribution in [0, 0.1) is 13.8 Å². The lowest BCUT2D eigenvalue weighted by Gasteiger charge is -2.38. The molecule has 0 bridgehead atoms. The van der Waals surface area contributed by atoms with Gasteiger partial charge < -0.3 is 9.47 Å². The number of hydrogen-bond acceptors (Lipinski definition) is 8. The van der Waals surface area contributed by atoms with Crippen LogP contribution in [0.15, 0.2) is 29.4 Å². The van der Waals surface area contributed by atoms with E-state index in [9.17, 15) is 16.8 Å². The van der Waals surface area contributed by atoms with Crippen LogP contribution in [0.2, 0.25) is 0 Å². The van der Waals surface area contributed by atoms with Gasteiger partial charge in [-0.15, -0.1) is 0 Å². The van der Waals surface area contributed by atoms with Crippen LogP contribution >= 0.6 is 0 Å². The lowest BCUT2D eigenvalue weighted by Crippen LogP contribution is -2.49. The Balaban J connectivity index is 1.28. The van der Waals surface area contributed by atoms with Crippen LogP contribution in [0.1, 0.15) is 63.0 Å². The summed E-state index contributed by atoms with van der Waals surface area (Å²) in [5.74, 6) is 1.26. The SMILES string of the molecule is CCC1C[C@H](Oc2ncnc(Oc3ccc(S(=O)(=O)C4CC4)cc3C)c2C)CCN1S(=O)(=O)C1CC1. The summed E-state index contributed by atoms with van der Waals surface area (Å²) in [5, 5.41) is -0.473. The number of aromatic nitrogens is 2. The van der Waals surface area contributed by atoms with Crippen LogP contribution in [0.4, 0.5) is 0 Å². The molecule has 2 atom stereocenters.